The Labute approximate surface area is 95.9 Å². The Morgan fingerprint density at radius 2 is 2.06 bits per heavy atom. The second-order valence-corrected chi connectivity index (χ2v) is 3.83. The fraction of sp³-hybridized carbons (Fsp3) is 0.500. The normalized spacial score (nSPS) is 10.9. The van der Waals surface area contributed by atoms with Crippen LogP contribution >= 0.6 is 0 Å². The van der Waals surface area contributed by atoms with E-state index >= 15 is 0 Å². The van der Waals surface area contributed by atoms with Gasteiger partial charge in [0.1, 0.15) is 0 Å². The van der Waals surface area contributed by atoms with Crippen molar-refractivity contribution in [2.24, 2.45) is 0 Å². The number of rotatable bonds is 5. The van der Waals surface area contributed by atoms with Gasteiger partial charge in [0.05, 0.1) is 18.8 Å². The summed E-state index contributed by atoms with van der Waals surface area (Å²) in [5, 5.41) is 8.76. The zero-order chi connectivity index (χ0) is 11.4. The standard InChI is InChI=1S/C12H18N4/c1-3-11-10-12(4-2)16(14-11)9-8-15-7-5-6-13-15/h5-7,10H,3-4,8-9H2,1-2H3. The van der Waals surface area contributed by atoms with Crippen molar-refractivity contribution in [3.63, 3.8) is 0 Å². The predicted octanol–water partition coefficient (Wildman–Crippen LogP) is 1.90. The van der Waals surface area contributed by atoms with Crippen molar-refractivity contribution < 1.29 is 0 Å². The van der Waals surface area contributed by atoms with E-state index in [4.69, 9.17) is 0 Å². The average molecular weight is 218 g/mol. The van der Waals surface area contributed by atoms with Crippen LogP contribution in [0.1, 0.15) is 25.2 Å². The third-order valence-corrected chi connectivity index (χ3v) is 2.74. The number of aromatic nitrogens is 4. The minimum atomic E-state index is 0.880. The van der Waals surface area contributed by atoms with Gasteiger partial charge in [0.2, 0.25) is 0 Å². The molecule has 2 aromatic heterocycles. The van der Waals surface area contributed by atoms with Crippen molar-refractivity contribution in [1.29, 1.82) is 0 Å². The van der Waals surface area contributed by atoms with E-state index in [1.807, 2.05) is 16.9 Å². The molecule has 0 aliphatic heterocycles. The molecule has 0 aliphatic carbocycles. The molecule has 2 heterocycles. The van der Waals surface area contributed by atoms with Crippen LogP contribution in [0, 0.1) is 0 Å². The SMILES string of the molecule is CCc1cc(CC)n(CCn2cccn2)n1. The van der Waals surface area contributed by atoms with Crippen molar-refractivity contribution in [1.82, 2.24) is 19.6 Å². The van der Waals surface area contributed by atoms with Gasteiger partial charge in [-0.05, 0) is 25.0 Å². The summed E-state index contributed by atoms with van der Waals surface area (Å²) in [6.07, 6.45) is 5.82. The molecule has 0 unspecified atom stereocenters. The van der Waals surface area contributed by atoms with E-state index in [0.29, 0.717) is 0 Å². The maximum Gasteiger partial charge on any atom is 0.0624 e. The van der Waals surface area contributed by atoms with Crippen LogP contribution in [0.25, 0.3) is 0 Å². The predicted molar refractivity (Wildman–Crippen MR) is 63.2 cm³/mol. The highest BCUT2D eigenvalue weighted by Gasteiger charge is 2.04. The Morgan fingerprint density at radius 1 is 1.19 bits per heavy atom. The minimum absolute atomic E-state index is 0.880. The Balaban J connectivity index is 2.05. The molecule has 0 bridgehead atoms. The maximum absolute atomic E-state index is 4.57. The molecule has 4 nitrogen and oxygen atoms in total. The van der Waals surface area contributed by atoms with Crippen LogP contribution in [0.15, 0.2) is 24.5 Å². The van der Waals surface area contributed by atoms with Gasteiger partial charge in [0, 0.05) is 18.1 Å². The van der Waals surface area contributed by atoms with Crippen molar-refractivity contribution in [2.75, 3.05) is 0 Å². The fourth-order valence-electron chi connectivity index (χ4n) is 1.80. The monoisotopic (exact) mass is 218 g/mol. The zero-order valence-corrected chi connectivity index (χ0v) is 9.93. The van der Waals surface area contributed by atoms with Gasteiger partial charge in [-0.25, -0.2) is 0 Å². The zero-order valence-electron chi connectivity index (χ0n) is 9.93. The summed E-state index contributed by atoms with van der Waals surface area (Å²) in [4.78, 5) is 0. The van der Waals surface area contributed by atoms with Crippen LogP contribution < -0.4 is 0 Å². The van der Waals surface area contributed by atoms with E-state index in [0.717, 1.165) is 25.9 Å². The van der Waals surface area contributed by atoms with Crippen LogP contribution in [-0.2, 0) is 25.9 Å². The molecule has 0 aliphatic rings. The summed E-state index contributed by atoms with van der Waals surface area (Å²) in [6.45, 7) is 6.08. The molecule has 0 saturated carbocycles. The van der Waals surface area contributed by atoms with Crippen molar-refractivity contribution in [3.8, 4) is 0 Å². The van der Waals surface area contributed by atoms with Crippen LogP contribution in [-0.4, -0.2) is 19.6 Å². The van der Waals surface area contributed by atoms with E-state index in [1.165, 1.54) is 11.4 Å². The minimum Gasteiger partial charge on any atom is -0.271 e. The molecule has 0 atom stereocenters. The van der Waals surface area contributed by atoms with Gasteiger partial charge in [-0.3, -0.25) is 9.36 Å². The molecule has 2 aromatic rings. The van der Waals surface area contributed by atoms with E-state index in [2.05, 4.69) is 34.8 Å². The summed E-state index contributed by atoms with van der Waals surface area (Å²) in [6, 6.07) is 4.14. The summed E-state index contributed by atoms with van der Waals surface area (Å²) < 4.78 is 4.03. The highest BCUT2D eigenvalue weighted by Crippen LogP contribution is 2.06. The number of nitrogens with zero attached hydrogens (tertiary/aromatic N) is 4. The molecule has 16 heavy (non-hydrogen) atoms. The Kier molecular flexibility index (Phi) is 3.39. The van der Waals surface area contributed by atoms with Crippen LogP contribution in [0.5, 0.6) is 0 Å². The van der Waals surface area contributed by atoms with Crippen molar-refractivity contribution in [2.45, 2.75) is 39.8 Å². The van der Waals surface area contributed by atoms with Crippen LogP contribution in [0.2, 0.25) is 0 Å². The van der Waals surface area contributed by atoms with Gasteiger partial charge < -0.3 is 0 Å². The van der Waals surface area contributed by atoms with Crippen LogP contribution in [0.4, 0.5) is 0 Å². The van der Waals surface area contributed by atoms with Crippen LogP contribution in [0.3, 0.4) is 0 Å². The third kappa shape index (κ3) is 2.32. The van der Waals surface area contributed by atoms with Crippen molar-refractivity contribution in [3.05, 3.63) is 35.9 Å². The summed E-state index contributed by atoms with van der Waals surface area (Å²) in [5.41, 5.74) is 2.49. The first-order valence-electron chi connectivity index (χ1n) is 5.86. The second-order valence-electron chi connectivity index (χ2n) is 3.83. The first-order chi connectivity index (χ1) is 7.83. The molecule has 0 fully saturated rings. The number of aryl methyl sites for hydroxylation is 4. The number of hydrogen-bond donors (Lipinski definition) is 0. The molecule has 0 radical (unpaired) electrons. The van der Waals surface area contributed by atoms with E-state index in [9.17, 15) is 0 Å². The molecule has 0 saturated heterocycles. The quantitative estimate of drug-likeness (QED) is 0.768. The van der Waals surface area contributed by atoms with Gasteiger partial charge in [-0.15, -0.1) is 0 Å². The van der Waals surface area contributed by atoms with Gasteiger partial charge in [-0.2, -0.15) is 10.2 Å². The van der Waals surface area contributed by atoms with E-state index in [-0.39, 0.29) is 0 Å². The molecule has 86 valence electrons. The second kappa shape index (κ2) is 4.96. The Bertz CT molecular complexity index is 428. The smallest absolute Gasteiger partial charge is 0.0624 e. The summed E-state index contributed by atoms with van der Waals surface area (Å²) in [7, 11) is 0. The van der Waals surface area contributed by atoms with Gasteiger partial charge in [-0.1, -0.05) is 13.8 Å². The maximum atomic E-state index is 4.57. The lowest BCUT2D eigenvalue weighted by Crippen LogP contribution is -2.11. The first kappa shape index (κ1) is 10.9. The van der Waals surface area contributed by atoms with Gasteiger partial charge in [0.25, 0.3) is 0 Å². The summed E-state index contributed by atoms with van der Waals surface area (Å²) in [5.74, 6) is 0. The van der Waals surface area contributed by atoms with Gasteiger partial charge in [0.15, 0.2) is 0 Å². The van der Waals surface area contributed by atoms with Crippen molar-refractivity contribution >= 4 is 0 Å². The highest BCUT2D eigenvalue weighted by atomic mass is 15.3. The average Bonchev–Trinajstić information content (AvgIpc) is 2.95. The van der Waals surface area contributed by atoms with E-state index in [1.54, 1.807) is 6.20 Å². The third-order valence-electron chi connectivity index (χ3n) is 2.74. The number of hydrogen-bond acceptors (Lipinski definition) is 2. The molecule has 0 amide bonds. The lowest BCUT2D eigenvalue weighted by molar-refractivity contribution is 0.485. The molecule has 0 spiro atoms. The largest absolute Gasteiger partial charge is 0.271 e. The topological polar surface area (TPSA) is 35.6 Å². The molecule has 2 rings (SSSR count). The Morgan fingerprint density at radius 3 is 2.69 bits per heavy atom. The lowest BCUT2D eigenvalue weighted by atomic mass is 10.3. The lowest BCUT2D eigenvalue weighted by Gasteiger charge is -2.05. The van der Waals surface area contributed by atoms with E-state index < -0.39 is 0 Å². The molecule has 0 aromatic carbocycles. The fourth-order valence-corrected chi connectivity index (χ4v) is 1.80. The van der Waals surface area contributed by atoms with Gasteiger partial charge >= 0.3 is 0 Å². The molecular weight excluding hydrogens is 200 g/mol. The Hall–Kier alpha value is -1.58. The molecular formula is C12H18N4. The first-order valence-corrected chi connectivity index (χ1v) is 5.86. The summed E-state index contributed by atoms with van der Waals surface area (Å²) >= 11 is 0. The highest BCUT2D eigenvalue weighted by molar-refractivity contribution is 5.10. The molecule has 4 heteroatoms. The molecule has 0 N–H and O–H groups in total.